The van der Waals surface area contributed by atoms with Crippen LogP contribution in [0.2, 0.25) is 0 Å². The van der Waals surface area contributed by atoms with Gasteiger partial charge < -0.3 is 5.43 Å². The first-order valence-electron chi connectivity index (χ1n) is 6.94. The van der Waals surface area contributed by atoms with Gasteiger partial charge in [-0.1, -0.05) is 12.5 Å². The Morgan fingerprint density at radius 1 is 1.48 bits per heavy atom. The largest absolute Gasteiger partial charge is 0.306 e. The number of pyridine rings is 1. The molecule has 0 bridgehead atoms. The number of nitrogens with one attached hydrogen (secondary N) is 1. The summed E-state index contributed by atoms with van der Waals surface area (Å²) in [6.45, 7) is 0.534. The second-order valence-corrected chi connectivity index (χ2v) is 7.38. The predicted molar refractivity (Wildman–Crippen MR) is 80.2 cm³/mol. The van der Waals surface area contributed by atoms with Gasteiger partial charge in [-0.05, 0) is 30.9 Å². The van der Waals surface area contributed by atoms with E-state index in [1.165, 1.54) is 10.7 Å². The number of hydrogen-bond donors (Lipinski definition) is 2. The van der Waals surface area contributed by atoms with Gasteiger partial charge in [0, 0.05) is 19.8 Å². The molecule has 8 heteroatoms. The van der Waals surface area contributed by atoms with Gasteiger partial charge in [0.05, 0.1) is 0 Å². The standard InChI is InChI=1S/C13H19N5O2S/c1-17(9-10-5-4-6-10)21(19,20)13-12(16-14)15-11-7-2-3-8-18(11)13/h2-3,7-8,10,16H,4-6,9,14H2,1H3. The Morgan fingerprint density at radius 2 is 2.24 bits per heavy atom. The van der Waals surface area contributed by atoms with Gasteiger partial charge >= 0.3 is 0 Å². The van der Waals surface area contributed by atoms with Crippen molar-refractivity contribution in [1.29, 1.82) is 0 Å². The molecule has 1 fully saturated rings. The Kier molecular flexibility index (Phi) is 3.60. The molecule has 1 aliphatic carbocycles. The zero-order valence-electron chi connectivity index (χ0n) is 11.9. The van der Waals surface area contributed by atoms with Gasteiger partial charge in [-0.25, -0.2) is 19.2 Å². The summed E-state index contributed by atoms with van der Waals surface area (Å²) in [7, 11) is -2.04. The van der Waals surface area contributed by atoms with Gasteiger partial charge in [0.15, 0.2) is 5.82 Å². The van der Waals surface area contributed by atoms with Gasteiger partial charge in [-0.15, -0.1) is 0 Å². The summed E-state index contributed by atoms with van der Waals surface area (Å²) in [5.74, 6) is 6.07. The van der Waals surface area contributed by atoms with Crippen molar-refractivity contribution in [3.8, 4) is 0 Å². The van der Waals surface area contributed by atoms with Crippen molar-refractivity contribution >= 4 is 21.5 Å². The van der Waals surface area contributed by atoms with E-state index < -0.39 is 10.0 Å². The average molecular weight is 309 g/mol. The van der Waals surface area contributed by atoms with Crippen molar-refractivity contribution in [3.63, 3.8) is 0 Å². The van der Waals surface area contributed by atoms with Crippen LogP contribution in [0.1, 0.15) is 19.3 Å². The van der Waals surface area contributed by atoms with Crippen LogP contribution in [-0.2, 0) is 10.0 Å². The van der Waals surface area contributed by atoms with Crippen LogP contribution in [0.15, 0.2) is 29.4 Å². The molecule has 0 saturated heterocycles. The maximum absolute atomic E-state index is 12.8. The summed E-state index contributed by atoms with van der Waals surface area (Å²) >= 11 is 0. The first-order valence-corrected chi connectivity index (χ1v) is 8.38. The third-order valence-electron chi connectivity index (χ3n) is 4.02. The quantitative estimate of drug-likeness (QED) is 0.636. The summed E-state index contributed by atoms with van der Waals surface area (Å²) in [6, 6.07) is 5.31. The number of fused-ring (bicyclic) bond motifs is 1. The molecule has 3 rings (SSSR count). The smallest absolute Gasteiger partial charge is 0.262 e. The summed E-state index contributed by atoms with van der Waals surface area (Å²) < 4.78 is 28.6. The maximum Gasteiger partial charge on any atom is 0.262 e. The summed E-state index contributed by atoms with van der Waals surface area (Å²) in [6.07, 6.45) is 5.04. The Bertz CT molecular complexity index is 751. The third kappa shape index (κ3) is 2.39. The van der Waals surface area contributed by atoms with E-state index in [4.69, 9.17) is 5.84 Å². The lowest BCUT2D eigenvalue weighted by atomic mass is 9.86. The molecular formula is C13H19N5O2S. The number of sulfonamides is 1. The van der Waals surface area contributed by atoms with Gasteiger partial charge in [0.1, 0.15) is 5.65 Å². The van der Waals surface area contributed by atoms with E-state index in [0.717, 1.165) is 12.8 Å². The molecule has 0 amide bonds. The van der Waals surface area contributed by atoms with Crippen molar-refractivity contribution in [2.24, 2.45) is 11.8 Å². The lowest BCUT2D eigenvalue weighted by Gasteiger charge is -2.29. The fraction of sp³-hybridized carbons (Fsp3) is 0.462. The fourth-order valence-electron chi connectivity index (χ4n) is 2.60. The molecule has 114 valence electrons. The van der Waals surface area contributed by atoms with Crippen LogP contribution in [0.25, 0.3) is 5.65 Å². The normalized spacial score (nSPS) is 16.3. The van der Waals surface area contributed by atoms with Crippen molar-refractivity contribution in [1.82, 2.24) is 13.7 Å². The molecule has 0 radical (unpaired) electrons. The van der Waals surface area contributed by atoms with E-state index in [0.29, 0.717) is 18.1 Å². The zero-order valence-corrected chi connectivity index (χ0v) is 12.7. The van der Waals surface area contributed by atoms with Gasteiger partial charge in [0.25, 0.3) is 10.0 Å². The van der Waals surface area contributed by atoms with Crippen molar-refractivity contribution in [3.05, 3.63) is 24.4 Å². The number of hydrazine groups is 1. The number of nitrogens with zero attached hydrogens (tertiary/aromatic N) is 3. The minimum absolute atomic E-state index is 0.0856. The van der Waals surface area contributed by atoms with Crippen molar-refractivity contribution in [2.75, 3.05) is 19.0 Å². The van der Waals surface area contributed by atoms with Gasteiger partial charge in [-0.2, -0.15) is 4.31 Å². The van der Waals surface area contributed by atoms with Crippen molar-refractivity contribution in [2.45, 2.75) is 24.3 Å². The minimum atomic E-state index is -3.64. The molecule has 1 aliphatic rings. The first kappa shape index (κ1) is 14.3. The molecule has 3 N–H and O–H groups in total. The molecule has 1 saturated carbocycles. The van der Waals surface area contributed by atoms with Crippen LogP contribution >= 0.6 is 0 Å². The Morgan fingerprint density at radius 3 is 2.86 bits per heavy atom. The van der Waals surface area contributed by atoms with E-state index in [-0.39, 0.29) is 10.8 Å². The summed E-state index contributed by atoms with van der Waals surface area (Å²) in [4.78, 5) is 4.21. The number of nitrogens with two attached hydrogens (primary N) is 1. The highest BCUT2D eigenvalue weighted by Crippen LogP contribution is 2.30. The van der Waals surface area contributed by atoms with E-state index in [2.05, 4.69) is 10.4 Å². The third-order valence-corrected chi connectivity index (χ3v) is 5.87. The predicted octanol–water partition coefficient (Wildman–Crippen LogP) is 1.04. The van der Waals surface area contributed by atoms with E-state index >= 15 is 0 Å². The number of imidazole rings is 1. The highest BCUT2D eigenvalue weighted by atomic mass is 32.2. The number of anilines is 1. The fourth-order valence-corrected chi connectivity index (χ4v) is 4.05. The number of nitrogen functional groups attached to an aromatic ring is 1. The number of aromatic nitrogens is 2. The van der Waals surface area contributed by atoms with Crippen LogP contribution in [0.5, 0.6) is 0 Å². The molecule has 7 nitrogen and oxygen atoms in total. The highest BCUT2D eigenvalue weighted by Gasteiger charge is 2.31. The van der Waals surface area contributed by atoms with Crippen LogP contribution in [0.3, 0.4) is 0 Å². The van der Waals surface area contributed by atoms with Crippen LogP contribution in [-0.4, -0.2) is 35.7 Å². The SMILES string of the molecule is CN(CC1CCC1)S(=O)(=O)c1c(NN)nc2ccccn12. The lowest BCUT2D eigenvalue weighted by Crippen LogP contribution is -2.35. The number of rotatable bonds is 5. The molecule has 2 aromatic heterocycles. The topological polar surface area (TPSA) is 92.7 Å². The van der Waals surface area contributed by atoms with Crippen LogP contribution in [0.4, 0.5) is 5.82 Å². The molecule has 2 aromatic rings. The van der Waals surface area contributed by atoms with Gasteiger partial charge in [-0.3, -0.25) is 4.40 Å². The maximum atomic E-state index is 12.8. The molecule has 0 atom stereocenters. The van der Waals surface area contributed by atoms with Crippen LogP contribution < -0.4 is 11.3 Å². The molecule has 0 aromatic carbocycles. The first-order chi connectivity index (χ1) is 10.0. The molecular weight excluding hydrogens is 290 g/mol. The molecule has 0 aliphatic heterocycles. The Hall–Kier alpha value is -1.64. The van der Waals surface area contributed by atoms with E-state index in [1.54, 1.807) is 35.8 Å². The van der Waals surface area contributed by atoms with Gasteiger partial charge in [0.2, 0.25) is 5.03 Å². The Labute approximate surface area is 123 Å². The molecule has 21 heavy (non-hydrogen) atoms. The molecule has 0 spiro atoms. The molecule has 0 unspecified atom stereocenters. The zero-order chi connectivity index (χ0) is 15.0. The summed E-state index contributed by atoms with van der Waals surface area (Å²) in [5.41, 5.74) is 2.93. The monoisotopic (exact) mass is 309 g/mol. The minimum Gasteiger partial charge on any atom is -0.306 e. The molecule has 2 heterocycles. The lowest BCUT2D eigenvalue weighted by molar-refractivity contribution is 0.262. The Balaban J connectivity index is 2.04. The summed E-state index contributed by atoms with van der Waals surface area (Å²) in [5, 5.41) is 0.0856. The van der Waals surface area contributed by atoms with Crippen LogP contribution in [0, 0.1) is 5.92 Å². The number of hydrogen-bond acceptors (Lipinski definition) is 5. The van der Waals surface area contributed by atoms with E-state index in [1.807, 2.05) is 0 Å². The second-order valence-electron chi connectivity index (χ2n) is 5.42. The van der Waals surface area contributed by atoms with E-state index in [9.17, 15) is 8.42 Å². The average Bonchev–Trinajstić information content (AvgIpc) is 2.81. The highest BCUT2D eigenvalue weighted by molar-refractivity contribution is 7.89. The van der Waals surface area contributed by atoms with Crippen molar-refractivity contribution < 1.29 is 8.42 Å². The second kappa shape index (κ2) is 5.28.